The molecule has 2 aliphatic carbocycles. The predicted octanol–water partition coefficient (Wildman–Crippen LogP) is 5.21. The van der Waals surface area contributed by atoms with Crippen LogP contribution in [-0.2, 0) is 41.7 Å². The highest BCUT2D eigenvalue weighted by molar-refractivity contribution is 5.89. The van der Waals surface area contributed by atoms with Gasteiger partial charge in [0.25, 0.3) is 0 Å². The van der Waals surface area contributed by atoms with E-state index in [1.807, 2.05) is 0 Å². The summed E-state index contributed by atoms with van der Waals surface area (Å²) in [7, 11) is 1.53. The molecule has 2 heterocycles. The number of hydrogen-bond acceptors (Lipinski definition) is 5. The highest BCUT2D eigenvalue weighted by Gasteiger charge is 2.40. The molecule has 2 amide bonds. The van der Waals surface area contributed by atoms with Crippen LogP contribution in [0.25, 0.3) is 0 Å². The van der Waals surface area contributed by atoms with Crippen LogP contribution in [0.2, 0.25) is 0 Å². The van der Waals surface area contributed by atoms with E-state index in [2.05, 4.69) is 10.4 Å². The predicted molar refractivity (Wildman–Crippen MR) is 139 cm³/mol. The number of fused-ring (bicyclic) bond motifs is 1. The van der Waals surface area contributed by atoms with Gasteiger partial charge in [0.05, 0.1) is 19.9 Å². The minimum Gasteiger partial charge on any atom is -0.497 e. The fourth-order valence-corrected chi connectivity index (χ4v) is 5.75. The van der Waals surface area contributed by atoms with Crippen LogP contribution >= 0.6 is 0 Å². The molecule has 5 rings (SSSR count). The third-order valence-corrected chi connectivity index (χ3v) is 7.73. The highest BCUT2D eigenvalue weighted by Crippen LogP contribution is 2.36. The lowest BCUT2D eigenvalue weighted by atomic mass is 9.95. The summed E-state index contributed by atoms with van der Waals surface area (Å²) < 4.78 is 53.4. The number of benzene rings is 1. The van der Waals surface area contributed by atoms with Crippen molar-refractivity contribution in [1.82, 2.24) is 20.0 Å². The molecular formula is C29H33F3N4O4. The van der Waals surface area contributed by atoms with E-state index in [0.717, 1.165) is 32.1 Å². The maximum absolute atomic E-state index is 14.0. The first-order chi connectivity index (χ1) is 19.2. The molecule has 2 aromatic heterocycles. The van der Waals surface area contributed by atoms with Gasteiger partial charge < -0.3 is 19.4 Å². The Labute approximate surface area is 230 Å². The third kappa shape index (κ3) is 6.03. The second-order valence-corrected chi connectivity index (χ2v) is 10.4. The van der Waals surface area contributed by atoms with Gasteiger partial charge in [-0.15, -0.1) is 0 Å². The van der Waals surface area contributed by atoms with Crippen molar-refractivity contribution in [2.75, 3.05) is 7.11 Å². The number of carbonyl (C=O) groups is 2. The van der Waals surface area contributed by atoms with Crippen LogP contribution in [0.3, 0.4) is 0 Å². The molecule has 8 nitrogen and oxygen atoms in total. The minimum atomic E-state index is -4.61. The first-order valence-corrected chi connectivity index (χ1v) is 13.7. The summed E-state index contributed by atoms with van der Waals surface area (Å²) in [5.41, 5.74) is 0.212. The number of hydrogen-bond donors (Lipinski definition) is 1. The number of nitrogens with zero attached hydrogens (tertiary/aromatic N) is 3. The molecule has 1 aromatic carbocycles. The summed E-state index contributed by atoms with van der Waals surface area (Å²) >= 11 is 0. The highest BCUT2D eigenvalue weighted by atomic mass is 19.4. The van der Waals surface area contributed by atoms with Crippen molar-refractivity contribution in [3.63, 3.8) is 0 Å². The summed E-state index contributed by atoms with van der Waals surface area (Å²) in [6.45, 7) is -0.474. The molecule has 0 saturated heterocycles. The Bertz CT molecular complexity index is 1310. The fourth-order valence-electron chi connectivity index (χ4n) is 5.75. The molecule has 2 aliphatic rings. The van der Waals surface area contributed by atoms with Gasteiger partial charge in [0.15, 0.2) is 5.69 Å². The Kier molecular flexibility index (Phi) is 8.18. The van der Waals surface area contributed by atoms with Gasteiger partial charge in [0.1, 0.15) is 24.1 Å². The summed E-state index contributed by atoms with van der Waals surface area (Å²) in [6.07, 6.45) is 2.63. The van der Waals surface area contributed by atoms with Gasteiger partial charge in [-0.05, 0) is 68.4 Å². The molecule has 0 spiro atoms. The number of amides is 2. The fraction of sp³-hybridized carbons (Fsp3) is 0.483. The summed E-state index contributed by atoms with van der Waals surface area (Å²) in [5.74, 6) is 0.142. The molecule has 1 fully saturated rings. The van der Waals surface area contributed by atoms with E-state index in [4.69, 9.17) is 9.15 Å². The average molecular weight is 559 g/mol. The van der Waals surface area contributed by atoms with E-state index in [-0.39, 0.29) is 30.5 Å². The van der Waals surface area contributed by atoms with Crippen molar-refractivity contribution in [2.24, 2.45) is 0 Å². The quantitative estimate of drug-likeness (QED) is 0.390. The van der Waals surface area contributed by atoms with Crippen molar-refractivity contribution in [1.29, 1.82) is 0 Å². The van der Waals surface area contributed by atoms with Crippen molar-refractivity contribution in [3.05, 3.63) is 70.9 Å². The number of aromatic nitrogens is 2. The van der Waals surface area contributed by atoms with Crippen LogP contribution in [0.4, 0.5) is 13.2 Å². The zero-order valence-corrected chi connectivity index (χ0v) is 22.4. The third-order valence-electron chi connectivity index (χ3n) is 7.73. The summed E-state index contributed by atoms with van der Waals surface area (Å²) in [6, 6.07) is 9.19. The zero-order chi connectivity index (χ0) is 28.3. The Morgan fingerprint density at radius 3 is 2.50 bits per heavy atom. The number of nitrogens with one attached hydrogen (secondary N) is 1. The van der Waals surface area contributed by atoms with Gasteiger partial charge in [-0.1, -0.05) is 25.0 Å². The van der Waals surface area contributed by atoms with Gasteiger partial charge in [-0.3, -0.25) is 14.3 Å². The van der Waals surface area contributed by atoms with Crippen LogP contribution < -0.4 is 10.1 Å². The Hall–Kier alpha value is -3.76. The molecule has 1 atom stereocenters. The SMILES string of the molecule is COc1ccc(C(C(=O)NC2CCCC2)N(Cc2ccco2)C(=O)Cn2nc(C(F)(F)F)c3c2CCCC3)cc1. The van der Waals surface area contributed by atoms with Crippen molar-refractivity contribution in [2.45, 2.75) is 82.7 Å². The first kappa shape index (κ1) is 27.8. The summed E-state index contributed by atoms with van der Waals surface area (Å²) in [5, 5.41) is 6.96. The standard InChI is InChI=1S/C29H33F3N4O4/c1-39-21-14-12-19(13-15-21)26(28(38)33-20-7-2-3-8-20)35(17-22-9-6-16-40-22)25(37)18-36-24-11-5-4-10-23(24)27(34-36)29(30,31)32/h6,9,12-16,20,26H,2-5,7-8,10-11,17-18H2,1H3,(H,33,38). The molecule has 1 saturated carbocycles. The van der Waals surface area contributed by atoms with E-state index in [1.165, 1.54) is 23.0 Å². The second-order valence-electron chi connectivity index (χ2n) is 10.4. The van der Waals surface area contributed by atoms with Crippen LogP contribution in [0.15, 0.2) is 47.1 Å². The van der Waals surface area contributed by atoms with Gasteiger partial charge in [-0.25, -0.2) is 0 Å². The lowest BCUT2D eigenvalue weighted by Gasteiger charge is -2.32. The molecule has 3 aromatic rings. The van der Waals surface area contributed by atoms with E-state index in [0.29, 0.717) is 35.6 Å². The van der Waals surface area contributed by atoms with E-state index in [1.54, 1.807) is 36.4 Å². The Morgan fingerprint density at radius 2 is 1.85 bits per heavy atom. The number of halogens is 3. The van der Waals surface area contributed by atoms with E-state index in [9.17, 15) is 22.8 Å². The molecule has 40 heavy (non-hydrogen) atoms. The molecule has 0 aliphatic heterocycles. The minimum absolute atomic E-state index is 0.00120. The van der Waals surface area contributed by atoms with Crippen molar-refractivity contribution < 1.29 is 31.9 Å². The van der Waals surface area contributed by atoms with Crippen LogP contribution in [0.1, 0.15) is 72.8 Å². The lowest BCUT2D eigenvalue weighted by Crippen LogP contribution is -2.46. The maximum Gasteiger partial charge on any atom is 0.435 e. The average Bonchev–Trinajstić information content (AvgIpc) is 3.71. The number of methoxy groups -OCH3 is 1. The van der Waals surface area contributed by atoms with E-state index < -0.39 is 30.4 Å². The molecule has 11 heteroatoms. The Balaban J connectivity index is 1.52. The topological polar surface area (TPSA) is 89.6 Å². The van der Waals surface area contributed by atoms with Gasteiger partial charge in [0.2, 0.25) is 11.8 Å². The van der Waals surface area contributed by atoms with Gasteiger partial charge >= 0.3 is 6.18 Å². The molecule has 0 radical (unpaired) electrons. The lowest BCUT2D eigenvalue weighted by molar-refractivity contribution is -0.144. The molecule has 214 valence electrons. The molecule has 1 unspecified atom stereocenters. The number of ether oxygens (including phenoxy) is 1. The molecule has 0 bridgehead atoms. The van der Waals surface area contributed by atoms with E-state index >= 15 is 0 Å². The summed E-state index contributed by atoms with van der Waals surface area (Å²) in [4.78, 5) is 29.2. The van der Waals surface area contributed by atoms with Crippen LogP contribution in [0, 0.1) is 0 Å². The second kappa shape index (κ2) is 11.8. The largest absolute Gasteiger partial charge is 0.497 e. The van der Waals surface area contributed by atoms with Crippen molar-refractivity contribution >= 4 is 11.8 Å². The molecular weight excluding hydrogens is 525 g/mol. The van der Waals surface area contributed by atoms with Gasteiger partial charge in [-0.2, -0.15) is 18.3 Å². The zero-order valence-electron chi connectivity index (χ0n) is 22.4. The smallest absolute Gasteiger partial charge is 0.435 e. The van der Waals surface area contributed by atoms with Crippen LogP contribution in [-0.4, -0.2) is 39.6 Å². The Morgan fingerprint density at radius 1 is 1.12 bits per heavy atom. The number of carbonyl (C=O) groups excluding carboxylic acids is 2. The number of alkyl halides is 3. The number of rotatable bonds is 9. The monoisotopic (exact) mass is 558 g/mol. The van der Waals surface area contributed by atoms with Crippen molar-refractivity contribution in [3.8, 4) is 5.75 Å². The van der Waals surface area contributed by atoms with Crippen LogP contribution in [0.5, 0.6) is 5.75 Å². The normalized spacial score (nSPS) is 16.4. The maximum atomic E-state index is 14.0. The number of furan rings is 1. The van der Waals surface area contributed by atoms with Gasteiger partial charge in [0, 0.05) is 17.3 Å². The first-order valence-electron chi connectivity index (χ1n) is 13.7. The molecule has 1 N–H and O–H groups in total.